The molecule has 0 saturated heterocycles. The maximum Gasteiger partial charge on any atom is 0.0628 e. The van der Waals surface area contributed by atoms with Gasteiger partial charge in [0.15, 0.2) is 0 Å². The lowest BCUT2D eigenvalue weighted by Crippen LogP contribution is -2.00. The van der Waals surface area contributed by atoms with Gasteiger partial charge in [-0.2, -0.15) is 0 Å². The van der Waals surface area contributed by atoms with Gasteiger partial charge in [0.25, 0.3) is 0 Å². The van der Waals surface area contributed by atoms with Gasteiger partial charge in [-0.3, -0.25) is 0 Å². The first-order valence-electron chi connectivity index (χ1n) is 4.89. The minimum atomic E-state index is 0. The molecule has 2 aromatic rings. The third kappa shape index (κ3) is 2.10. The van der Waals surface area contributed by atoms with Crippen LogP contribution in [-0.2, 0) is 0 Å². The van der Waals surface area contributed by atoms with Crippen LogP contribution in [0.4, 0.5) is 22.7 Å². The molecule has 0 bridgehead atoms. The molecule has 8 N–H and O–H groups in total. The molecule has 0 saturated carbocycles. The van der Waals surface area contributed by atoms with Crippen LogP contribution in [0.5, 0.6) is 0 Å². The molecule has 0 amide bonds. The molecule has 2 rings (SSSR count). The Kier molecular flexibility index (Phi) is 3.48. The van der Waals surface area contributed by atoms with Crippen molar-refractivity contribution in [3.05, 3.63) is 36.4 Å². The average Bonchev–Trinajstić information content (AvgIpc) is 2.27. The van der Waals surface area contributed by atoms with Crippen LogP contribution in [-0.4, -0.2) is 0 Å². The molecule has 17 heavy (non-hydrogen) atoms. The van der Waals surface area contributed by atoms with E-state index in [-0.39, 0.29) is 7.43 Å². The average molecular weight is 230 g/mol. The molecule has 90 valence electrons. The van der Waals surface area contributed by atoms with Gasteiger partial charge in [0.05, 0.1) is 22.7 Å². The highest BCUT2D eigenvalue weighted by atomic mass is 14.7. The van der Waals surface area contributed by atoms with Crippen LogP contribution in [0.25, 0.3) is 11.1 Å². The zero-order valence-electron chi connectivity index (χ0n) is 8.77. The lowest BCUT2D eigenvalue weighted by molar-refractivity contribution is 1.59. The van der Waals surface area contributed by atoms with Crippen molar-refractivity contribution in [2.45, 2.75) is 7.43 Å². The van der Waals surface area contributed by atoms with Gasteiger partial charge in [-0.05, 0) is 12.1 Å². The van der Waals surface area contributed by atoms with Gasteiger partial charge in [-0.15, -0.1) is 0 Å². The van der Waals surface area contributed by atoms with Crippen LogP contribution in [0.1, 0.15) is 7.43 Å². The molecule has 4 nitrogen and oxygen atoms in total. The summed E-state index contributed by atoms with van der Waals surface area (Å²) in [7, 11) is 0. The second-order valence-corrected chi connectivity index (χ2v) is 3.62. The van der Waals surface area contributed by atoms with E-state index in [2.05, 4.69) is 0 Å². The Labute approximate surface area is 101 Å². The molecule has 0 aliphatic carbocycles. The fourth-order valence-electron chi connectivity index (χ4n) is 1.64. The lowest BCUT2D eigenvalue weighted by atomic mass is 10.0. The van der Waals surface area contributed by atoms with E-state index >= 15 is 0 Å². The molecular formula is C13H18N4. The summed E-state index contributed by atoms with van der Waals surface area (Å²) in [5.41, 5.74) is 27.1. The monoisotopic (exact) mass is 230 g/mol. The minimum absolute atomic E-state index is 0. The summed E-state index contributed by atoms with van der Waals surface area (Å²) in [4.78, 5) is 0. The van der Waals surface area contributed by atoms with Gasteiger partial charge in [0.2, 0.25) is 0 Å². The number of nitrogens with two attached hydrogens (primary N) is 4. The van der Waals surface area contributed by atoms with Crippen molar-refractivity contribution < 1.29 is 0 Å². The van der Waals surface area contributed by atoms with E-state index in [4.69, 9.17) is 22.9 Å². The maximum absolute atomic E-state index is 5.91. The van der Waals surface area contributed by atoms with Crippen molar-refractivity contribution in [1.29, 1.82) is 0 Å². The molecule has 0 unspecified atom stereocenters. The van der Waals surface area contributed by atoms with E-state index < -0.39 is 0 Å². The Morgan fingerprint density at radius 2 is 0.941 bits per heavy atom. The van der Waals surface area contributed by atoms with E-state index in [9.17, 15) is 0 Å². The quantitative estimate of drug-likeness (QED) is 0.564. The van der Waals surface area contributed by atoms with Crippen molar-refractivity contribution in [3.8, 4) is 11.1 Å². The summed E-state index contributed by atoms with van der Waals surface area (Å²) in [6, 6.07) is 10.9. The first kappa shape index (κ1) is 12.7. The molecular weight excluding hydrogens is 212 g/mol. The van der Waals surface area contributed by atoms with Crippen molar-refractivity contribution in [3.63, 3.8) is 0 Å². The van der Waals surface area contributed by atoms with E-state index in [1.54, 1.807) is 12.1 Å². The number of anilines is 4. The topological polar surface area (TPSA) is 104 Å². The van der Waals surface area contributed by atoms with Crippen LogP contribution in [0.2, 0.25) is 0 Å². The normalized spacial score (nSPS) is 9.65. The molecule has 0 atom stereocenters. The van der Waals surface area contributed by atoms with E-state index in [1.165, 1.54) is 0 Å². The molecule has 0 aliphatic heterocycles. The predicted octanol–water partition coefficient (Wildman–Crippen LogP) is 2.32. The van der Waals surface area contributed by atoms with Crippen LogP contribution in [0.15, 0.2) is 36.4 Å². The van der Waals surface area contributed by atoms with Crippen molar-refractivity contribution >= 4 is 22.7 Å². The smallest absolute Gasteiger partial charge is 0.0628 e. The summed E-state index contributed by atoms with van der Waals surface area (Å²) in [5.74, 6) is 0. The first-order valence-corrected chi connectivity index (χ1v) is 4.89. The van der Waals surface area contributed by atoms with Gasteiger partial charge >= 0.3 is 0 Å². The Bertz CT molecular complexity index is 485. The van der Waals surface area contributed by atoms with E-state index in [1.807, 2.05) is 24.3 Å². The first-order chi connectivity index (χ1) is 7.61. The maximum atomic E-state index is 5.91. The molecule has 0 radical (unpaired) electrons. The summed E-state index contributed by atoms with van der Waals surface area (Å²) in [5, 5.41) is 0. The molecule has 0 heterocycles. The lowest BCUT2D eigenvalue weighted by Gasteiger charge is -2.11. The Balaban J connectivity index is 0.00000144. The second kappa shape index (κ2) is 4.65. The minimum Gasteiger partial charge on any atom is -0.397 e. The van der Waals surface area contributed by atoms with Gasteiger partial charge in [0.1, 0.15) is 0 Å². The van der Waals surface area contributed by atoms with Gasteiger partial charge in [-0.1, -0.05) is 31.7 Å². The summed E-state index contributed by atoms with van der Waals surface area (Å²) < 4.78 is 0. The van der Waals surface area contributed by atoms with Crippen LogP contribution in [0, 0.1) is 0 Å². The van der Waals surface area contributed by atoms with E-state index in [0.717, 1.165) is 11.1 Å². The van der Waals surface area contributed by atoms with Crippen molar-refractivity contribution in [2.75, 3.05) is 22.9 Å². The fourth-order valence-corrected chi connectivity index (χ4v) is 1.64. The number of hydrogen-bond acceptors (Lipinski definition) is 4. The largest absolute Gasteiger partial charge is 0.397 e. The zero-order valence-corrected chi connectivity index (χ0v) is 8.77. The highest BCUT2D eigenvalue weighted by molar-refractivity contribution is 5.92. The third-order valence-corrected chi connectivity index (χ3v) is 2.57. The number of rotatable bonds is 1. The summed E-state index contributed by atoms with van der Waals surface area (Å²) in [6.07, 6.45) is 0. The molecule has 4 heteroatoms. The highest BCUT2D eigenvalue weighted by Gasteiger charge is 2.09. The number of benzene rings is 2. The van der Waals surface area contributed by atoms with Gasteiger partial charge < -0.3 is 22.9 Å². The van der Waals surface area contributed by atoms with Crippen molar-refractivity contribution in [2.24, 2.45) is 0 Å². The van der Waals surface area contributed by atoms with Crippen LogP contribution >= 0.6 is 0 Å². The molecule has 0 aliphatic rings. The van der Waals surface area contributed by atoms with Crippen LogP contribution in [0.3, 0.4) is 0 Å². The predicted molar refractivity (Wildman–Crippen MR) is 76.3 cm³/mol. The Morgan fingerprint density at radius 3 is 1.29 bits per heavy atom. The van der Waals surface area contributed by atoms with Crippen LogP contribution < -0.4 is 22.9 Å². The SMILES string of the molecule is C.Nc1cccc(-c2cccc(N)c2N)c1N. The summed E-state index contributed by atoms with van der Waals surface area (Å²) in [6.45, 7) is 0. The van der Waals surface area contributed by atoms with Gasteiger partial charge in [0, 0.05) is 11.1 Å². The Morgan fingerprint density at radius 1 is 0.588 bits per heavy atom. The number of para-hydroxylation sites is 2. The summed E-state index contributed by atoms with van der Waals surface area (Å²) >= 11 is 0. The molecule has 0 aromatic heterocycles. The third-order valence-electron chi connectivity index (χ3n) is 2.57. The Hall–Kier alpha value is -2.36. The van der Waals surface area contributed by atoms with Crippen molar-refractivity contribution in [1.82, 2.24) is 0 Å². The number of hydrogen-bond donors (Lipinski definition) is 4. The standard InChI is InChI=1S/C12H14N4.CH4/c13-9-5-1-3-7(11(9)15)8-4-2-6-10(14)12(8)16;/h1-6H,13-16H2;1H4. The zero-order chi connectivity index (χ0) is 11.7. The van der Waals surface area contributed by atoms with E-state index in [0.29, 0.717) is 22.7 Å². The second-order valence-electron chi connectivity index (χ2n) is 3.62. The van der Waals surface area contributed by atoms with Gasteiger partial charge in [-0.25, -0.2) is 0 Å². The molecule has 0 fully saturated rings. The molecule has 2 aromatic carbocycles. The highest BCUT2D eigenvalue weighted by Crippen LogP contribution is 2.35. The fraction of sp³-hybridized carbons (Fsp3) is 0.0769. The number of nitrogen functional groups attached to an aromatic ring is 4. The molecule has 0 spiro atoms.